The highest BCUT2D eigenvalue weighted by Crippen LogP contribution is 2.42. The van der Waals surface area contributed by atoms with Crippen molar-refractivity contribution >= 4 is 29.2 Å². The van der Waals surface area contributed by atoms with E-state index in [1.54, 1.807) is 24.3 Å². The third-order valence-electron chi connectivity index (χ3n) is 5.37. The second-order valence-electron chi connectivity index (χ2n) is 7.81. The second kappa shape index (κ2) is 11.9. The molecule has 1 N–H and O–H groups in total. The van der Waals surface area contributed by atoms with E-state index in [4.69, 9.17) is 26.2 Å². The first kappa shape index (κ1) is 28.3. The SMILES string of the molecule is CC#Cc1ccnc(C(F)(F)F)c1-c1cc(C(=O)N(C)c2ccccc2OC)c(OCCC(=O)O)cc1Cl. The number of benzene rings is 2. The number of pyridine rings is 1. The number of ether oxygens (including phenoxy) is 2. The van der Waals surface area contributed by atoms with Crippen LogP contribution in [0.15, 0.2) is 48.7 Å². The first-order valence-corrected chi connectivity index (χ1v) is 11.5. The summed E-state index contributed by atoms with van der Waals surface area (Å²) in [5.41, 5.74) is -1.54. The molecule has 0 aliphatic heterocycles. The van der Waals surface area contributed by atoms with Gasteiger partial charge in [-0.15, -0.1) is 5.92 Å². The van der Waals surface area contributed by atoms with Crippen LogP contribution in [0, 0.1) is 11.8 Å². The van der Waals surface area contributed by atoms with Gasteiger partial charge in [-0.1, -0.05) is 29.7 Å². The standard InChI is InChI=1S/C27H22ClF3N2O5/c1-4-7-16-10-12-32-25(27(29,30)31)24(16)17-14-18(22(15-19(17)28)38-13-11-23(34)35)26(36)33(2)20-8-5-6-9-21(20)37-3/h5-6,8-10,12,14-15H,11,13H2,1-3H3,(H,34,35). The number of halogens is 4. The van der Waals surface area contributed by atoms with Crippen molar-refractivity contribution in [1.29, 1.82) is 0 Å². The van der Waals surface area contributed by atoms with Crippen molar-refractivity contribution in [2.45, 2.75) is 19.5 Å². The number of aliphatic carboxylic acids is 1. The van der Waals surface area contributed by atoms with E-state index in [2.05, 4.69) is 16.8 Å². The molecular weight excluding hydrogens is 525 g/mol. The number of carboxylic acid groups (broad SMARTS) is 1. The predicted octanol–water partition coefficient (Wildman–Crippen LogP) is 5.93. The smallest absolute Gasteiger partial charge is 0.434 e. The van der Waals surface area contributed by atoms with Crippen molar-refractivity contribution in [2.75, 3.05) is 25.7 Å². The lowest BCUT2D eigenvalue weighted by atomic mass is 9.95. The molecule has 2 aromatic carbocycles. The Morgan fingerprint density at radius 2 is 1.87 bits per heavy atom. The van der Waals surface area contributed by atoms with Gasteiger partial charge in [-0.3, -0.25) is 14.6 Å². The van der Waals surface area contributed by atoms with E-state index in [1.165, 1.54) is 44.2 Å². The monoisotopic (exact) mass is 546 g/mol. The maximum atomic E-state index is 14.0. The Morgan fingerprint density at radius 3 is 2.50 bits per heavy atom. The number of hydrogen-bond donors (Lipinski definition) is 1. The molecule has 198 valence electrons. The molecule has 3 aromatic rings. The summed E-state index contributed by atoms with van der Waals surface area (Å²) in [4.78, 5) is 29.4. The van der Waals surface area contributed by atoms with Crippen LogP contribution in [0.5, 0.6) is 11.5 Å². The molecule has 11 heteroatoms. The number of carbonyl (C=O) groups is 2. The number of hydrogen-bond acceptors (Lipinski definition) is 5. The first-order valence-electron chi connectivity index (χ1n) is 11.1. The van der Waals surface area contributed by atoms with E-state index < -0.39 is 29.3 Å². The number of methoxy groups -OCH3 is 1. The van der Waals surface area contributed by atoms with Crippen molar-refractivity contribution in [3.63, 3.8) is 0 Å². The highest BCUT2D eigenvalue weighted by atomic mass is 35.5. The number of aromatic nitrogens is 1. The van der Waals surface area contributed by atoms with Crippen molar-refractivity contribution in [3.05, 3.63) is 70.5 Å². The minimum Gasteiger partial charge on any atom is -0.495 e. The molecule has 0 fully saturated rings. The molecule has 38 heavy (non-hydrogen) atoms. The largest absolute Gasteiger partial charge is 0.495 e. The molecule has 0 saturated carbocycles. The molecule has 0 atom stereocenters. The van der Waals surface area contributed by atoms with E-state index >= 15 is 0 Å². The molecule has 1 aromatic heterocycles. The minimum atomic E-state index is -4.85. The number of alkyl halides is 3. The van der Waals surface area contributed by atoms with Crippen LogP contribution >= 0.6 is 11.6 Å². The maximum absolute atomic E-state index is 14.0. The summed E-state index contributed by atoms with van der Waals surface area (Å²) in [6, 6.07) is 10.3. The zero-order valence-corrected chi connectivity index (χ0v) is 21.3. The van der Waals surface area contributed by atoms with Crippen molar-refractivity contribution in [2.24, 2.45) is 0 Å². The highest BCUT2D eigenvalue weighted by Gasteiger charge is 2.37. The number of amides is 1. The van der Waals surface area contributed by atoms with Crippen LogP contribution in [0.4, 0.5) is 18.9 Å². The van der Waals surface area contributed by atoms with Gasteiger partial charge in [0.15, 0.2) is 5.69 Å². The van der Waals surface area contributed by atoms with Crippen molar-refractivity contribution in [3.8, 4) is 34.5 Å². The number of carbonyl (C=O) groups excluding carboxylic acids is 1. The zero-order valence-electron chi connectivity index (χ0n) is 20.5. The fraction of sp³-hybridized carbons (Fsp3) is 0.222. The normalized spacial score (nSPS) is 10.8. The molecule has 3 rings (SSSR count). The molecule has 0 radical (unpaired) electrons. The Kier molecular flexibility index (Phi) is 8.86. The summed E-state index contributed by atoms with van der Waals surface area (Å²) in [5, 5.41) is 8.80. The van der Waals surface area contributed by atoms with Gasteiger partial charge in [-0.25, -0.2) is 0 Å². The van der Waals surface area contributed by atoms with E-state index in [0.29, 0.717) is 11.4 Å². The molecule has 0 unspecified atom stereocenters. The highest BCUT2D eigenvalue weighted by molar-refractivity contribution is 6.34. The number of anilines is 1. The molecule has 0 aliphatic rings. The zero-order chi connectivity index (χ0) is 28.0. The van der Waals surface area contributed by atoms with Gasteiger partial charge < -0.3 is 19.5 Å². The average Bonchev–Trinajstić information content (AvgIpc) is 2.87. The van der Waals surface area contributed by atoms with E-state index in [1.807, 2.05) is 0 Å². The van der Waals surface area contributed by atoms with Crippen LogP contribution in [-0.4, -0.2) is 42.7 Å². The van der Waals surface area contributed by atoms with Crippen LogP contribution in [0.3, 0.4) is 0 Å². The predicted molar refractivity (Wildman–Crippen MR) is 136 cm³/mol. The number of carboxylic acids is 1. The molecule has 1 amide bonds. The van der Waals surface area contributed by atoms with Crippen molar-refractivity contribution in [1.82, 2.24) is 4.98 Å². The molecule has 1 heterocycles. The quantitative estimate of drug-likeness (QED) is 0.352. The number of rotatable bonds is 8. The number of nitrogens with zero attached hydrogens (tertiary/aromatic N) is 2. The van der Waals surface area contributed by atoms with Crippen LogP contribution in [-0.2, 0) is 11.0 Å². The van der Waals surface area contributed by atoms with Crippen molar-refractivity contribution < 1.29 is 37.3 Å². The summed E-state index contributed by atoms with van der Waals surface area (Å²) >= 11 is 6.44. The second-order valence-corrected chi connectivity index (χ2v) is 8.22. The van der Waals surface area contributed by atoms with Crippen LogP contribution < -0.4 is 14.4 Å². The summed E-state index contributed by atoms with van der Waals surface area (Å²) in [6.45, 7) is 1.16. The van der Waals surface area contributed by atoms with Gasteiger partial charge in [0.2, 0.25) is 0 Å². The van der Waals surface area contributed by atoms with Crippen LogP contribution in [0.2, 0.25) is 5.02 Å². The van der Waals surface area contributed by atoms with Gasteiger partial charge in [-0.05, 0) is 31.2 Å². The summed E-state index contributed by atoms with van der Waals surface area (Å²) in [6.07, 6.45) is -4.24. The molecule has 0 bridgehead atoms. The van der Waals surface area contributed by atoms with Gasteiger partial charge >= 0.3 is 12.1 Å². The Bertz CT molecular complexity index is 1430. The number of para-hydroxylation sites is 2. The summed E-state index contributed by atoms with van der Waals surface area (Å²) in [7, 11) is 2.88. The Hall–Kier alpha value is -4.23. The maximum Gasteiger partial charge on any atom is 0.434 e. The summed E-state index contributed by atoms with van der Waals surface area (Å²) in [5.74, 6) is 3.67. The molecule has 7 nitrogen and oxygen atoms in total. The third-order valence-corrected chi connectivity index (χ3v) is 5.69. The minimum absolute atomic E-state index is 0.00718. The van der Waals surface area contributed by atoms with E-state index in [0.717, 1.165) is 6.20 Å². The lowest BCUT2D eigenvalue weighted by molar-refractivity contribution is -0.140. The third kappa shape index (κ3) is 6.18. The lowest BCUT2D eigenvalue weighted by Crippen LogP contribution is -2.27. The average molecular weight is 547 g/mol. The fourth-order valence-corrected chi connectivity index (χ4v) is 3.91. The van der Waals surface area contributed by atoms with Gasteiger partial charge in [-0.2, -0.15) is 13.2 Å². The topological polar surface area (TPSA) is 89.0 Å². The fourth-order valence-electron chi connectivity index (χ4n) is 3.67. The lowest BCUT2D eigenvalue weighted by Gasteiger charge is -2.23. The first-order chi connectivity index (χ1) is 18.0. The molecule has 0 spiro atoms. The van der Waals surface area contributed by atoms with E-state index in [-0.39, 0.29) is 40.5 Å². The van der Waals surface area contributed by atoms with Crippen LogP contribution in [0.25, 0.3) is 11.1 Å². The molecular formula is C27H22ClF3N2O5. The van der Waals surface area contributed by atoms with Gasteiger partial charge in [0.1, 0.15) is 11.5 Å². The Morgan fingerprint density at radius 1 is 1.16 bits per heavy atom. The van der Waals surface area contributed by atoms with E-state index in [9.17, 15) is 22.8 Å². The Balaban J connectivity index is 2.27. The van der Waals surface area contributed by atoms with Gasteiger partial charge in [0.25, 0.3) is 5.91 Å². The molecule has 0 aliphatic carbocycles. The van der Waals surface area contributed by atoms with Gasteiger partial charge in [0, 0.05) is 36.0 Å². The Labute approximate surface area is 221 Å². The van der Waals surface area contributed by atoms with Crippen LogP contribution in [0.1, 0.15) is 35.0 Å². The molecule has 0 saturated heterocycles. The summed E-state index contributed by atoms with van der Waals surface area (Å²) < 4.78 is 52.8. The van der Waals surface area contributed by atoms with Gasteiger partial charge in [0.05, 0.1) is 36.4 Å².